The van der Waals surface area contributed by atoms with Crippen LogP contribution in [0.5, 0.6) is 0 Å². The fourth-order valence-electron chi connectivity index (χ4n) is 2.18. The molecule has 0 saturated carbocycles. The molecular weight excluding hydrogens is 274 g/mol. The molecule has 1 atom stereocenters. The molecule has 1 heterocycles. The van der Waals surface area contributed by atoms with E-state index in [0.29, 0.717) is 12.2 Å². The molecule has 1 aromatic rings. The van der Waals surface area contributed by atoms with Crippen LogP contribution in [0, 0.1) is 0 Å². The van der Waals surface area contributed by atoms with Crippen LogP contribution in [0.3, 0.4) is 0 Å². The Labute approximate surface area is 122 Å². The molecule has 2 rings (SSSR count). The fourth-order valence-corrected chi connectivity index (χ4v) is 2.18. The van der Waals surface area contributed by atoms with Gasteiger partial charge in [0.1, 0.15) is 0 Å². The Hall–Kier alpha value is -2.41. The summed E-state index contributed by atoms with van der Waals surface area (Å²) < 4.78 is 4.66. The van der Waals surface area contributed by atoms with Gasteiger partial charge in [-0.1, -0.05) is 12.1 Å². The highest BCUT2D eigenvalue weighted by atomic mass is 16.5. The second-order valence-electron chi connectivity index (χ2n) is 4.71. The Bertz CT molecular complexity index is 559. The number of quaternary nitrogens is 1. The van der Waals surface area contributed by atoms with E-state index in [0.717, 1.165) is 6.54 Å². The normalized spacial score (nSPS) is 17.8. The van der Waals surface area contributed by atoms with Crippen molar-refractivity contribution in [3.63, 3.8) is 0 Å². The number of esters is 1. The molecule has 0 aliphatic carbocycles. The van der Waals surface area contributed by atoms with E-state index in [1.807, 2.05) is 5.32 Å². The van der Waals surface area contributed by atoms with Crippen LogP contribution in [0.1, 0.15) is 16.8 Å². The molecule has 1 aromatic carbocycles. The Morgan fingerprint density at radius 1 is 1.43 bits per heavy atom. The van der Waals surface area contributed by atoms with Gasteiger partial charge in [0.2, 0.25) is 5.91 Å². The van der Waals surface area contributed by atoms with Crippen molar-refractivity contribution in [2.75, 3.05) is 25.5 Å². The Morgan fingerprint density at radius 3 is 2.90 bits per heavy atom. The minimum absolute atomic E-state index is 0.0569. The average Bonchev–Trinajstić information content (AvgIpc) is 2.49. The molecule has 1 fully saturated rings. The number of carbonyl (C=O) groups excluding carboxylic acids is 3. The fraction of sp³-hybridized carbons (Fsp3) is 0.357. The molecule has 1 aliphatic rings. The summed E-state index contributed by atoms with van der Waals surface area (Å²) in [5, 5.41) is 7.21. The van der Waals surface area contributed by atoms with Gasteiger partial charge in [-0.25, -0.2) is 4.79 Å². The minimum Gasteiger partial charge on any atom is -0.465 e. The number of hydrogen-bond donors (Lipinski definition) is 3. The maximum Gasteiger partial charge on any atom is 0.339 e. The van der Waals surface area contributed by atoms with Crippen LogP contribution in [-0.2, 0) is 14.3 Å². The van der Waals surface area contributed by atoms with Crippen molar-refractivity contribution < 1.29 is 24.4 Å². The van der Waals surface area contributed by atoms with Crippen molar-refractivity contribution in [3.05, 3.63) is 29.8 Å². The van der Waals surface area contributed by atoms with Gasteiger partial charge in [-0.15, -0.1) is 0 Å². The summed E-state index contributed by atoms with van der Waals surface area (Å²) in [5.74, 6) is -0.977. The molecule has 0 aromatic heterocycles. The summed E-state index contributed by atoms with van der Waals surface area (Å²) in [4.78, 5) is 35.2. The van der Waals surface area contributed by atoms with Crippen molar-refractivity contribution in [1.82, 2.24) is 5.32 Å². The average molecular weight is 292 g/mol. The number of piperazine rings is 1. The SMILES string of the molecule is COC(=O)c1ccccc1NC(=O)C[C@@H]1[NH2+]CCNC1=O. The first-order chi connectivity index (χ1) is 10.1. The first-order valence-corrected chi connectivity index (χ1v) is 6.70. The summed E-state index contributed by atoms with van der Waals surface area (Å²) in [6, 6.07) is 6.16. The first-order valence-electron chi connectivity index (χ1n) is 6.70. The highest BCUT2D eigenvalue weighted by Crippen LogP contribution is 2.16. The lowest BCUT2D eigenvalue weighted by Crippen LogP contribution is -2.96. The van der Waals surface area contributed by atoms with Crippen LogP contribution in [0.4, 0.5) is 5.69 Å². The van der Waals surface area contributed by atoms with Gasteiger partial charge in [0.05, 0.1) is 37.9 Å². The lowest BCUT2D eigenvalue weighted by atomic mass is 10.1. The van der Waals surface area contributed by atoms with Crippen molar-refractivity contribution in [1.29, 1.82) is 0 Å². The van der Waals surface area contributed by atoms with Crippen LogP contribution in [0.2, 0.25) is 0 Å². The number of ether oxygens (including phenoxy) is 1. The van der Waals surface area contributed by atoms with Crippen LogP contribution >= 0.6 is 0 Å². The Morgan fingerprint density at radius 2 is 2.19 bits per heavy atom. The van der Waals surface area contributed by atoms with E-state index in [-0.39, 0.29) is 23.8 Å². The zero-order chi connectivity index (χ0) is 15.2. The molecule has 0 radical (unpaired) electrons. The number of hydrogen-bond acceptors (Lipinski definition) is 4. The van der Waals surface area contributed by atoms with Crippen molar-refractivity contribution >= 4 is 23.5 Å². The molecular formula is C14H18N3O4+. The van der Waals surface area contributed by atoms with Crippen LogP contribution < -0.4 is 16.0 Å². The largest absolute Gasteiger partial charge is 0.465 e. The van der Waals surface area contributed by atoms with E-state index in [2.05, 4.69) is 15.4 Å². The lowest BCUT2D eigenvalue weighted by Gasteiger charge is -2.20. The number of carbonyl (C=O) groups is 3. The Balaban J connectivity index is 2.02. The van der Waals surface area contributed by atoms with Crippen LogP contribution in [-0.4, -0.2) is 44.0 Å². The summed E-state index contributed by atoms with van der Waals surface area (Å²) >= 11 is 0. The Kier molecular flexibility index (Phi) is 4.89. The van der Waals surface area contributed by atoms with Gasteiger partial charge in [-0.2, -0.15) is 0 Å². The number of anilines is 1. The third kappa shape index (κ3) is 3.79. The molecule has 7 heteroatoms. The predicted octanol–water partition coefficient (Wildman–Crippen LogP) is -1.14. The zero-order valence-corrected chi connectivity index (χ0v) is 11.7. The molecule has 21 heavy (non-hydrogen) atoms. The highest BCUT2D eigenvalue weighted by molar-refractivity contribution is 6.02. The lowest BCUT2D eigenvalue weighted by molar-refractivity contribution is -0.678. The van der Waals surface area contributed by atoms with Gasteiger partial charge in [0.15, 0.2) is 6.04 Å². The number of methoxy groups -OCH3 is 1. The number of benzene rings is 1. The quantitative estimate of drug-likeness (QED) is 0.611. The minimum atomic E-state index is -0.520. The summed E-state index contributed by atoms with van der Waals surface area (Å²) in [6.45, 7) is 1.37. The number of amides is 2. The summed E-state index contributed by atoms with van der Waals surface area (Å²) in [7, 11) is 1.28. The third-order valence-corrected chi connectivity index (χ3v) is 3.24. The second-order valence-corrected chi connectivity index (χ2v) is 4.71. The topological polar surface area (TPSA) is 101 Å². The van der Waals surface area contributed by atoms with E-state index in [1.165, 1.54) is 7.11 Å². The van der Waals surface area contributed by atoms with Crippen molar-refractivity contribution in [2.24, 2.45) is 0 Å². The van der Waals surface area contributed by atoms with E-state index < -0.39 is 12.0 Å². The number of para-hydroxylation sites is 1. The second kappa shape index (κ2) is 6.85. The summed E-state index contributed by atoms with van der Waals surface area (Å²) in [5.41, 5.74) is 0.663. The van der Waals surface area contributed by atoms with E-state index in [9.17, 15) is 14.4 Å². The van der Waals surface area contributed by atoms with E-state index in [1.54, 1.807) is 24.3 Å². The maximum atomic E-state index is 12.0. The van der Waals surface area contributed by atoms with Gasteiger partial charge in [0.25, 0.3) is 5.91 Å². The van der Waals surface area contributed by atoms with Gasteiger partial charge in [-0.05, 0) is 12.1 Å². The number of nitrogens with one attached hydrogen (secondary N) is 2. The smallest absolute Gasteiger partial charge is 0.339 e. The van der Waals surface area contributed by atoms with Crippen molar-refractivity contribution in [2.45, 2.75) is 12.5 Å². The molecule has 0 unspecified atom stereocenters. The van der Waals surface area contributed by atoms with Crippen molar-refractivity contribution in [3.8, 4) is 0 Å². The van der Waals surface area contributed by atoms with E-state index in [4.69, 9.17) is 0 Å². The van der Waals surface area contributed by atoms with Crippen LogP contribution in [0.15, 0.2) is 24.3 Å². The molecule has 1 saturated heterocycles. The third-order valence-electron chi connectivity index (χ3n) is 3.24. The monoisotopic (exact) mass is 292 g/mol. The van der Waals surface area contributed by atoms with E-state index >= 15 is 0 Å². The number of nitrogens with two attached hydrogens (primary N) is 1. The summed E-state index contributed by atoms with van der Waals surface area (Å²) in [6.07, 6.45) is 0.0569. The zero-order valence-electron chi connectivity index (χ0n) is 11.7. The van der Waals surface area contributed by atoms with Gasteiger partial charge < -0.3 is 20.7 Å². The molecule has 0 spiro atoms. The highest BCUT2D eigenvalue weighted by Gasteiger charge is 2.28. The van der Waals surface area contributed by atoms with Crippen LogP contribution in [0.25, 0.3) is 0 Å². The van der Waals surface area contributed by atoms with Gasteiger partial charge in [-0.3, -0.25) is 9.59 Å². The van der Waals surface area contributed by atoms with Gasteiger partial charge >= 0.3 is 5.97 Å². The number of rotatable bonds is 4. The van der Waals surface area contributed by atoms with Gasteiger partial charge in [0, 0.05) is 0 Å². The molecule has 7 nitrogen and oxygen atoms in total. The molecule has 2 amide bonds. The first kappa shape index (κ1) is 15.0. The molecule has 4 N–H and O–H groups in total. The predicted molar refractivity (Wildman–Crippen MR) is 74.6 cm³/mol. The standard InChI is InChI=1S/C14H17N3O4/c1-21-14(20)9-4-2-3-5-10(9)17-12(18)8-11-13(19)16-7-6-15-11/h2-5,11,15H,6-8H2,1H3,(H,16,19)(H,17,18)/p+1/t11-/m0/s1. The molecule has 0 bridgehead atoms. The molecule has 1 aliphatic heterocycles. The maximum absolute atomic E-state index is 12.0. The molecule has 112 valence electrons.